The van der Waals surface area contributed by atoms with Gasteiger partial charge in [0.1, 0.15) is 6.04 Å². The molecule has 0 aromatic heterocycles. The van der Waals surface area contributed by atoms with Gasteiger partial charge in [0.2, 0.25) is 5.91 Å². The molecule has 0 saturated carbocycles. The van der Waals surface area contributed by atoms with Gasteiger partial charge >= 0.3 is 0 Å². The van der Waals surface area contributed by atoms with E-state index in [0.29, 0.717) is 0 Å². The van der Waals surface area contributed by atoms with Crippen LogP contribution in [-0.4, -0.2) is 23.0 Å². The van der Waals surface area contributed by atoms with Crippen LogP contribution in [0.25, 0.3) is 0 Å². The van der Waals surface area contributed by atoms with Crippen LogP contribution in [0.5, 0.6) is 0 Å². The number of thioether (sulfide) groups is 1. The van der Waals surface area contributed by atoms with E-state index in [4.69, 9.17) is 5.26 Å². The number of nitriles is 1. The maximum atomic E-state index is 11.5. The van der Waals surface area contributed by atoms with Gasteiger partial charge in [-0.05, 0) is 25.5 Å². The van der Waals surface area contributed by atoms with Crippen LogP contribution >= 0.6 is 11.8 Å². The van der Waals surface area contributed by atoms with Crippen molar-refractivity contribution in [1.82, 2.24) is 5.32 Å². The molecule has 0 spiro atoms. The normalized spacial score (nSPS) is 24.5. The first-order chi connectivity index (χ1) is 6.24. The van der Waals surface area contributed by atoms with Crippen LogP contribution in [0.15, 0.2) is 0 Å². The third-order valence-electron chi connectivity index (χ3n) is 2.02. The Kier molecular flexibility index (Phi) is 4.10. The number of carbonyl (C=O) groups excluding carboxylic acids is 1. The fourth-order valence-electron chi connectivity index (χ4n) is 1.29. The molecule has 1 unspecified atom stereocenters. The Bertz CT molecular complexity index is 218. The molecule has 2 atom stereocenters. The maximum absolute atomic E-state index is 11.5. The molecule has 1 fully saturated rings. The second-order valence-electron chi connectivity index (χ2n) is 3.21. The van der Waals surface area contributed by atoms with Gasteiger partial charge in [-0.25, -0.2) is 0 Å². The molecule has 1 aliphatic heterocycles. The number of hydrogen-bond donors (Lipinski definition) is 1. The molecule has 3 nitrogen and oxygen atoms in total. The van der Waals surface area contributed by atoms with Crippen molar-refractivity contribution in [1.29, 1.82) is 5.26 Å². The lowest BCUT2D eigenvalue weighted by Gasteiger charge is -2.20. The summed E-state index contributed by atoms with van der Waals surface area (Å²) in [6.45, 7) is 1.70. The molecule has 1 amide bonds. The van der Waals surface area contributed by atoms with Crippen molar-refractivity contribution in [3.63, 3.8) is 0 Å². The summed E-state index contributed by atoms with van der Waals surface area (Å²) in [6, 6.07) is 1.63. The van der Waals surface area contributed by atoms with Crippen LogP contribution in [-0.2, 0) is 4.79 Å². The number of carbonyl (C=O) groups is 1. The first-order valence-corrected chi connectivity index (χ1v) is 5.60. The first-order valence-electron chi connectivity index (χ1n) is 4.55. The topological polar surface area (TPSA) is 52.9 Å². The first kappa shape index (κ1) is 10.4. The summed E-state index contributed by atoms with van der Waals surface area (Å²) in [4.78, 5) is 11.5. The highest BCUT2D eigenvalue weighted by atomic mass is 32.2. The molecule has 1 aliphatic rings. The molecule has 0 bridgehead atoms. The van der Waals surface area contributed by atoms with Crippen molar-refractivity contribution in [2.75, 3.05) is 5.75 Å². The van der Waals surface area contributed by atoms with Crippen molar-refractivity contribution in [3.05, 3.63) is 0 Å². The van der Waals surface area contributed by atoms with E-state index in [1.54, 1.807) is 18.7 Å². The van der Waals surface area contributed by atoms with Crippen LogP contribution in [0, 0.1) is 11.3 Å². The second-order valence-corrected chi connectivity index (χ2v) is 4.53. The molecule has 13 heavy (non-hydrogen) atoms. The average Bonchev–Trinajstić information content (AvgIpc) is 2.19. The van der Waals surface area contributed by atoms with Gasteiger partial charge in [-0.2, -0.15) is 5.26 Å². The van der Waals surface area contributed by atoms with E-state index in [1.807, 2.05) is 6.07 Å². The van der Waals surface area contributed by atoms with Gasteiger partial charge in [0, 0.05) is 0 Å². The Morgan fingerprint density at radius 1 is 1.69 bits per heavy atom. The number of amides is 1. The van der Waals surface area contributed by atoms with Crippen LogP contribution < -0.4 is 5.32 Å². The van der Waals surface area contributed by atoms with Crippen molar-refractivity contribution in [3.8, 4) is 6.07 Å². The third kappa shape index (κ3) is 3.27. The summed E-state index contributed by atoms with van der Waals surface area (Å²) < 4.78 is 0. The molecular formula is C9H14N2OS. The van der Waals surface area contributed by atoms with Crippen molar-refractivity contribution >= 4 is 17.7 Å². The van der Waals surface area contributed by atoms with E-state index in [9.17, 15) is 4.79 Å². The Hall–Kier alpha value is -0.690. The fourth-order valence-corrected chi connectivity index (χ4v) is 2.49. The van der Waals surface area contributed by atoms with Gasteiger partial charge in [0.05, 0.1) is 11.3 Å². The van der Waals surface area contributed by atoms with Crippen LogP contribution in [0.2, 0.25) is 0 Å². The SMILES string of the molecule is C[C@H](C#N)NC(=O)C1CCCCS1. The molecule has 1 rings (SSSR count). The van der Waals surface area contributed by atoms with Crippen LogP contribution in [0.3, 0.4) is 0 Å². The lowest BCUT2D eigenvalue weighted by molar-refractivity contribution is -0.121. The van der Waals surface area contributed by atoms with Gasteiger partial charge in [-0.15, -0.1) is 11.8 Å². The predicted octanol–water partition coefficient (Wildman–Crippen LogP) is 1.30. The molecule has 1 heterocycles. The van der Waals surface area contributed by atoms with Gasteiger partial charge < -0.3 is 5.32 Å². The van der Waals surface area contributed by atoms with E-state index >= 15 is 0 Å². The molecule has 1 saturated heterocycles. The summed E-state index contributed by atoms with van der Waals surface area (Å²) in [5, 5.41) is 11.3. The molecule has 0 aromatic rings. The summed E-state index contributed by atoms with van der Waals surface area (Å²) >= 11 is 1.70. The van der Waals surface area contributed by atoms with Crippen molar-refractivity contribution < 1.29 is 4.79 Å². The summed E-state index contributed by atoms with van der Waals surface area (Å²) in [5.74, 6) is 1.10. The maximum Gasteiger partial charge on any atom is 0.234 e. The van der Waals surface area contributed by atoms with Crippen molar-refractivity contribution in [2.24, 2.45) is 0 Å². The molecule has 4 heteroatoms. The zero-order chi connectivity index (χ0) is 9.68. The Labute approximate surface area is 82.9 Å². The highest BCUT2D eigenvalue weighted by molar-refractivity contribution is 8.00. The van der Waals surface area contributed by atoms with Crippen molar-refractivity contribution in [2.45, 2.75) is 37.5 Å². The Morgan fingerprint density at radius 2 is 2.46 bits per heavy atom. The minimum absolute atomic E-state index is 0.0266. The molecule has 72 valence electrons. The molecular weight excluding hydrogens is 184 g/mol. The summed E-state index contributed by atoms with van der Waals surface area (Å²) in [7, 11) is 0. The lowest BCUT2D eigenvalue weighted by Crippen LogP contribution is -2.38. The molecule has 0 aliphatic carbocycles. The minimum atomic E-state index is -0.366. The summed E-state index contributed by atoms with van der Waals surface area (Å²) in [5.41, 5.74) is 0. The molecule has 0 radical (unpaired) electrons. The standard InChI is InChI=1S/C9H14N2OS/c1-7(6-10)11-9(12)8-4-2-3-5-13-8/h7-8H,2-5H2,1H3,(H,11,12)/t7-,8?/m1/s1. The quantitative estimate of drug-likeness (QED) is 0.727. The number of nitrogens with one attached hydrogen (secondary N) is 1. The predicted molar refractivity (Wildman–Crippen MR) is 53.3 cm³/mol. The van der Waals surface area contributed by atoms with E-state index in [-0.39, 0.29) is 17.2 Å². The highest BCUT2D eigenvalue weighted by Gasteiger charge is 2.22. The molecule has 0 aromatic carbocycles. The third-order valence-corrected chi connectivity index (χ3v) is 3.40. The van der Waals surface area contributed by atoms with E-state index in [1.165, 1.54) is 6.42 Å². The number of rotatable bonds is 2. The average molecular weight is 198 g/mol. The van der Waals surface area contributed by atoms with Gasteiger partial charge in [0.25, 0.3) is 0 Å². The van der Waals surface area contributed by atoms with Gasteiger partial charge in [0.15, 0.2) is 0 Å². The second kappa shape index (κ2) is 5.13. The van der Waals surface area contributed by atoms with Gasteiger partial charge in [-0.1, -0.05) is 6.42 Å². The van der Waals surface area contributed by atoms with Crippen LogP contribution in [0.1, 0.15) is 26.2 Å². The van der Waals surface area contributed by atoms with E-state index in [0.717, 1.165) is 18.6 Å². The smallest absolute Gasteiger partial charge is 0.234 e. The zero-order valence-corrected chi connectivity index (χ0v) is 8.56. The number of hydrogen-bond acceptors (Lipinski definition) is 3. The van der Waals surface area contributed by atoms with Crippen LogP contribution in [0.4, 0.5) is 0 Å². The number of nitrogens with zero attached hydrogens (tertiary/aromatic N) is 1. The summed E-state index contributed by atoms with van der Waals surface area (Å²) in [6.07, 6.45) is 3.29. The lowest BCUT2D eigenvalue weighted by atomic mass is 10.2. The molecule has 1 N–H and O–H groups in total. The largest absolute Gasteiger partial charge is 0.340 e. The zero-order valence-electron chi connectivity index (χ0n) is 7.75. The monoisotopic (exact) mass is 198 g/mol. The Balaban J connectivity index is 2.34. The Morgan fingerprint density at radius 3 is 3.00 bits per heavy atom. The minimum Gasteiger partial charge on any atom is -0.340 e. The van der Waals surface area contributed by atoms with E-state index < -0.39 is 0 Å². The van der Waals surface area contributed by atoms with E-state index in [2.05, 4.69) is 5.32 Å². The fraction of sp³-hybridized carbons (Fsp3) is 0.778. The highest BCUT2D eigenvalue weighted by Crippen LogP contribution is 2.24. The van der Waals surface area contributed by atoms with Gasteiger partial charge in [-0.3, -0.25) is 4.79 Å².